The van der Waals surface area contributed by atoms with Gasteiger partial charge in [0.2, 0.25) is 0 Å². The van der Waals surface area contributed by atoms with E-state index in [1.165, 1.54) is 44.9 Å². The van der Waals surface area contributed by atoms with Crippen molar-refractivity contribution in [3.8, 4) is 0 Å². The van der Waals surface area contributed by atoms with Crippen LogP contribution in [0.25, 0.3) is 0 Å². The van der Waals surface area contributed by atoms with Gasteiger partial charge in [-0.1, -0.05) is 52.9 Å². The SMILES string of the molecule is CCCCC1CC(CCC)(CCC)C1. The summed E-state index contributed by atoms with van der Waals surface area (Å²) in [5.41, 5.74) is 0.794. The Morgan fingerprint density at radius 2 is 1.50 bits per heavy atom. The predicted octanol–water partition coefficient (Wildman–Crippen LogP) is 5.17. The monoisotopic (exact) mass is 196 g/mol. The van der Waals surface area contributed by atoms with E-state index >= 15 is 0 Å². The topological polar surface area (TPSA) is 0 Å². The third-order valence-corrected chi connectivity index (χ3v) is 3.97. The second-order valence-electron chi connectivity index (χ2n) is 5.42. The molecule has 1 aliphatic carbocycles. The van der Waals surface area contributed by atoms with Crippen LogP contribution in [-0.4, -0.2) is 0 Å². The molecular weight excluding hydrogens is 168 g/mol. The van der Waals surface area contributed by atoms with E-state index in [1.807, 2.05) is 0 Å². The van der Waals surface area contributed by atoms with Crippen LogP contribution in [-0.2, 0) is 0 Å². The average Bonchev–Trinajstić information content (AvgIpc) is 2.11. The van der Waals surface area contributed by atoms with Gasteiger partial charge in [0.25, 0.3) is 0 Å². The normalized spacial score (nSPS) is 20.8. The zero-order valence-corrected chi connectivity index (χ0v) is 10.4. The van der Waals surface area contributed by atoms with Crippen molar-refractivity contribution >= 4 is 0 Å². The van der Waals surface area contributed by atoms with Crippen molar-refractivity contribution in [2.75, 3.05) is 0 Å². The lowest BCUT2D eigenvalue weighted by atomic mass is 9.57. The van der Waals surface area contributed by atoms with Crippen molar-refractivity contribution in [3.05, 3.63) is 0 Å². The Balaban J connectivity index is 2.24. The first kappa shape index (κ1) is 12.1. The van der Waals surface area contributed by atoms with Gasteiger partial charge in [-0.25, -0.2) is 0 Å². The summed E-state index contributed by atoms with van der Waals surface area (Å²) in [4.78, 5) is 0. The van der Waals surface area contributed by atoms with Gasteiger partial charge in [-0.05, 0) is 37.0 Å². The summed E-state index contributed by atoms with van der Waals surface area (Å²) in [7, 11) is 0. The van der Waals surface area contributed by atoms with Crippen LogP contribution in [0.1, 0.15) is 78.6 Å². The Morgan fingerprint density at radius 3 is 1.93 bits per heavy atom. The lowest BCUT2D eigenvalue weighted by molar-refractivity contribution is 0.0278. The van der Waals surface area contributed by atoms with Gasteiger partial charge in [0, 0.05) is 0 Å². The molecule has 0 aromatic rings. The predicted molar refractivity (Wildman–Crippen MR) is 64.5 cm³/mol. The van der Waals surface area contributed by atoms with Gasteiger partial charge in [-0.2, -0.15) is 0 Å². The molecule has 0 unspecified atom stereocenters. The fraction of sp³-hybridized carbons (Fsp3) is 1.00. The largest absolute Gasteiger partial charge is 0.0654 e. The second kappa shape index (κ2) is 5.78. The minimum atomic E-state index is 0.794. The number of unbranched alkanes of at least 4 members (excludes halogenated alkanes) is 1. The van der Waals surface area contributed by atoms with Gasteiger partial charge in [-0.15, -0.1) is 0 Å². The minimum absolute atomic E-state index is 0.794. The maximum atomic E-state index is 2.34. The van der Waals surface area contributed by atoms with Gasteiger partial charge < -0.3 is 0 Å². The van der Waals surface area contributed by atoms with E-state index in [0.29, 0.717) is 0 Å². The first-order valence-corrected chi connectivity index (χ1v) is 6.76. The van der Waals surface area contributed by atoms with Gasteiger partial charge in [0.1, 0.15) is 0 Å². The highest BCUT2D eigenvalue weighted by Crippen LogP contribution is 2.53. The zero-order valence-electron chi connectivity index (χ0n) is 10.4. The Hall–Kier alpha value is 0. The van der Waals surface area contributed by atoms with Gasteiger partial charge >= 0.3 is 0 Å². The van der Waals surface area contributed by atoms with Gasteiger partial charge in [-0.3, -0.25) is 0 Å². The van der Waals surface area contributed by atoms with E-state index < -0.39 is 0 Å². The molecule has 0 spiro atoms. The maximum absolute atomic E-state index is 2.34. The van der Waals surface area contributed by atoms with Crippen molar-refractivity contribution < 1.29 is 0 Å². The van der Waals surface area contributed by atoms with Crippen molar-refractivity contribution in [2.45, 2.75) is 78.6 Å². The van der Waals surface area contributed by atoms with E-state index in [9.17, 15) is 0 Å². The van der Waals surface area contributed by atoms with Crippen LogP contribution >= 0.6 is 0 Å². The van der Waals surface area contributed by atoms with E-state index in [4.69, 9.17) is 0 Å². The molecule has 0 nitrogen and oxygen atoms in total. The van der Waals surface area contributed by atoms with Crippen LogP contribution in [0.4, 0.5) is 0 Å². The molecule has 0 heteroatoms. The van der Waals surface area contributed by atoms with E-state index in [1.54, 1.807) is 12.8 Å². The molecule has 0 aromatic carbocycles. The van der Waals surface area contributed by atoms with E-state index in [2.05, 4.69) is 20.8 Å². The van der Waals surface area contributed by atoms with E-state index in [-0.39, 0.29) is 0 Å². The number of hydrogen-bond donors (Lipinski definition) is 0. The molecule has 0 N–H and O–H groups in total. The van der Waals surface area contributed by atoms with Crippen molar-refractivity contribution in [1.82, 2.24) is 0 Å². The molecule has 1 rings (SSSR count). The molecule has 1 aliphatic rings. The summed E-state index contributed by atoms with van der Waals surface area (Å²) in [5.74, 6) is 1.09. The molecule has 0 amide bonds. The minimum Gasteiger partial charge on any atom is -0.0654 e. The van der Waals surface area contributed by atoms with Gasteiger partial charge in [0.05, 0.1) is 0 Å². The molecule has 0 heterocycles. The standard InChI is InChI=1S/C14H28/c1-4-7-8-13-11-14(12-13,9-5-2)10-6-3/h13H,4-12H2,1-3H3. The molecular formula is C14H28. The highest BCUT2D eigenvalue weighted by Gasteiger charge is 2.41. The summed E-state index contributed by atoms with van der Waals surface area (Å²) in [6.45, 7) is 7.00. The summed E-state index contributed by atoms with van der Waals surface area (Å²) in [6, 6.07) is 0. The Bertz CT molecular complexity index is 134. The van der Waals surface area contributed by atoms with Crippen LogP contribution in [0.3, 0.4) is 0 Å². The quantitative estimate of drug-likeness (QED) is 0.527. The summed E-state index contributed by atoms with van der Waals surface area (Å²) >= 11 is 0. The molecule has 0 saturated heterocycles. The molecule has 0 aromatic heterocycles. The Kier molecular flexibility index (Phi) is 4.98. The molecule has 0 aliphatic heterocycles. The van der Waals surface area contributed by atoms with Crippen molar-refractivity contribution in [2.24, 2.45) is 11.3 Å². The molecule has 0 radical (unpaired) electrons. The molecule has 0 atom stereocenters. The number of rotatable bonds is 7. The van der Waals surface area contributed by atoms with Crippen LogP contribution in [0.15, 0.2) is 0 Å². The summed E-state index contributed by atoms with van der Waals surface area (Å²) in [5, 5.41) is 0. The van der Waals surface area contributed by atoms with E-state index in [0.717, 1.165) is 11.3 Å². The van der Waals surface area contributed by atoms with Crippen molar-refractivity contribution in [3.63, 3.8) is 0 Å². The zero-order chi connectivity index (χ0) is 10.4. The Morgan fingerprint density at radius 1 is 0.929 bits per heavy atom. The Labute approximate surface area is 90.5 Å². The molecule has 0 bridgehead atoms. The molecule has 1 saturated carbocycles. The fourth-order valence-electron chi connectivity index (χ4n) is 3.46. The highest BCUT2D eigenvalue weighted by atomic mass is 14.5. The number of hydrogen-bond acceptors (Lipinski definition) is 0. The lowest BCUT2D eigenvalue weighted by Gasteiger charge is -2.48. The van der Waals surface area contributed by atoms with Crippen LogP contribution in [0.2, 0.25) is 0 Å². The third-order valence-electron chi connectivity index (χ3n) is 3.97. The fourth-order valence-corrected chi connectivity index (χ4v) is 3.46. The van der Waals surface area contributed by atoms with Crippen molar-refractivity contribution in [1.29, 1.82) is 0 Å². The average molecular weight is 196 g/mol. The smallest absolute Gasteiger partial charge is 0.0292 e. The maximum Gasteiger partial charge on any atom is -0.0292 e. The summed E-state index contributed by atoms with van der Waals surface area (Å²) < 4.78 is 0. The highest BCUT2D eigenvalue weighted by molar-refractivity contribution is 4.92. The summed E-state index contributed by atoms with van der Waals surface area (Å²) in [6.07, 6.45) is 13.2. The molecule has 84 valence electrons. The van der Waals surface area contributed by atoms with Crippen LogP contribution in [0, 0.1) is 11.3 Å². The van der Waals surface area contributed by atoms with Crippen LogP contribution in [0.5, 0.6) is 0 Å². The van der Waals surface area contributed by atoms with Crippen LogP contribution < -0.4 is 0 Å². The first-order valence-electron chi connectivity index (χ1n) is 6.76. The third kappa shape index (κ3) is 3.00. The molecule has 1 fully saturated rings. The second-order valence-corrected chi connectivity index (χ2v) is 5.42. The van der Waals surface area contributed by atoms with Gasteiger partial charge in [0.15, 0.2) is 0 Å². The lowest BCUT2D eigenvalue weighted by Crippen LogP contribution is -2.37. The first-order chi connectivity index (χ1) is 6.76. The molecule has 14 heavy (non-hydrogen) atoms.